The van der Waals surface area contributed by atoms with E-state index in [0.29, 0.717) is 17.1 Å². The molecular weight excluding hydrogens is 430 g/mol. The number of amides is 1. The number of rotatable bonds is 6. The van der Waals surface area contributed by atoms with Crippen molar-refractivity contribution in [3.8, 4) is 0 Å². The maximum absolute atomic E-state index is 14.8. The molecule has 0 atom stereocenters. The molecule has 2 heterocycles. The molecule has 3 aromatic rings. The van der Waals surface area contributed by atoms with E-state index in [1.165, 1.54) is 12.1 Å². The van der Waals surface area contributed by atoms with Crippen molar-refractivity contribution in [1.29, 1.82) is 0 Å². The fraction of sp³-hybridized carbons (Fsp3) is 0.227. The lowest BCUT2D eigenvalue weighted by Gasteiger charge is -2.34. The quantitative estimate of drug-likeness (QED) is 0.256. The van der Waals surface area contributed by atoms with E-state index in [9.17, 15) is 13.6 Å². The number of hydrazine groups is 1. The summed E-state index contributed by atoms with van der Waals surface area (Å²) < 4.78 is 29.1. The molecule has 1 saturated heterocycles. The Hall–Kier alpha value is -3.83. The van der Waals surface area contributed by atoms with Gasteiger partial charge < -0.3 is 20.4 Å². The van der Waals surface area contributed by atoms with E-state index in [4.69, 9.17) is 5.84 Å². The molecule has 1 aliphatic heterocycles. The van der Waals surface area contributed by atoms with Crippen LogP contribution < -0.4 is 26.8 Å². The molecule has 0 aliphatic carbocycles. The lowest BCUT2D eigenvalue weighted by molar-refractivity contribution is 0.0954. The number of halogens is 2. The predicted octanol–water partition coefficient (Wildman–Crippen LogP) is 2.60. The van der Waals surface area contributed by atoms with Gasteiger partial charge in [-0.05, 0) is 37.4 Å². The van der Waals surface area contributed by atoms with Gasteiger partial charge >= 0.3 is 0 Å². The van der Waals surface area contributed by atoms with Gasteiger partial charge in [-0.25, -0.2) is 19.6 Å². The second kappa shape index (κ2) is 9.76. The van der Waals surface area contributed by atoms with E-state index in [2.05, 4.69) is 25.5 Å². The number of nitrogens with zero attached hydrogens (tertiary/aromatic N) is 4. The minimum absolute atomic E-state index is 0.0615. The van der Waals surface area contributed by atoms with Crippen molar-refractivity contribution in [1.82, 2.24) is 20.3 Å². The topological polar surface area (TPSA) is 111 Å². The summed E-state index contributed by atoms with van der Waals surface area (Å²) in [5, 5.41) is 5.67. The third kappa shape index (κ3) is 5.16. The highest BCUT2D eigenvalue weighted by Crippen LogP contribution is 2.26. The standard InChI is InChI=1S/C22H24F2N8O/c1-31-8-10-32(11-9-31)19-7-6-14(12-16(19)23)27-22-26-13-17(24)20(29-22)28-18-5-3-2-4-15(18)21(33)30-25/h2-7,12-13H,8-11,25H2,1H3,(H,30,33)(H2,26,27,28,29). The average Bonchev–Trinajstić information content (AvgIpc) is 2.82. The molecule has 5 N–H and O–H groups in total. The summed E-state index contributed by atoms with van der Waals surface area (Å²) in [6.45, 7) is 3.24. The van der Waals surface area contributed by atoms with Crippen molar-refractivity contribution in [3.05, 3.63) is 65.9 Å². The SMILES string of the molecule is CN1CCN(c2ccc(Nc3ncc(F)c(Nc4ccccc4C(=O)NN)n3)cc2F)CC1. The van der Waals surface area contributed by atoms with Gasteiger partial charge in [-0.2, -0.15) is 4.98 Å². The van der Waals surface area contributed by atoms with Crippen LogP contribution in [0.25, 0.3) is 0 Å². The molecule has 1 aliphatic rings. The molecule has 2 aromatic carbocycles. The van der Waals surface area contributed by atoms with Crippen LogP contribution in [-0.2, 0) is 0 Å². The predicted molar refractivity (Wildman–Crippen MR) is 123 cm³/mol. The van der Waals surface area contributed by atoms with Gasteiger partial charge in [0.1, 0.15) is 5.82 Å². The van der Waals surface area contributed by atoms with Crippen molar-refractivity contribution in [2.75, 3.05) is 48.8 Å². The van der Waals surface area contributed by atoms with E-state index in [1.54, 1.807) is 30.3 Å². The van der Waals surface area contributed by atoms with Crippen molar-refractivity contribution in [2.45, 2.75) is 0 Å². The van der Waals surface area contributed by atoms with Gasteiger partial charge in [0.15, 0.2) is 11.6 Å². The third-order valence-corrected chi connectivity index (χ3v) is 5.35. The second-order valence-electron chi connectivity index (χ2n) is 7.62. The zero-order chi connectivity index (χ0) is 23.4. The minimum Gasteiger partial charge on any atom is -0.367 e. The van der Waals surface area contributed by atoms with Gasteiger partial charge in [-0.3, -0.25) is 10.2 Å². The summed E-state index contributed by atoms with van der Waals surface area (Å²) in [5.74, 6) is 3.49. The minimum atomic E-state index is -0.722. The van der Waals surface area contributed by atoms with Gasteiger partial charge in [0.2, 0.25) is 5.95 Å². The number of hydrogen-bond acceptors (Lipinski definition) is 8. The molecule has 0 spiro atoms. The van der Waals surface area contributed by atoms with Crippen LogP contribution in [0.2, 0.25) is 0 Å². The molecule has 4 rings (SSSR count). The van der Waals surface area contributed by atoms with Crippen molar-refractivity contribution >= 4 is 34.7 Å². The number of nitrogens with two attached hydrogens (primary N) is 1. The number of nitrogen functional groups attached to an aromatic ring is 1. The number of likely N-dealkylation sites (N-methyl/N-ethyl adjacent to an activating group) is 1. The smallest absolute Gasteiger partial charge is 0.267 e. The molecule has 0 unspecified atom stereocenters. The second-order valence-corrected chi connectivity index (χ2v) is 7.62. The van der Waals surface area contributed by atoms with E-state index < -0.39 is 11.7 Å². The van der Waals surface area contributed by atoms with Crippen molar-refractivity contribution in [3.63, 3.8) is 0 Å². The highest BCUT2D eigenvalue weighted by molar-refractivity contribution is 5.99. The molecular formula is C22H24F2N8O. The van der Waals surface area contributed by atoms with Crippen LogP contribution in [0.15, 0.2) is 48.7 Å². The maximum atomic E-state index is 14.8. The van der Waals surface area contributed by atoms with E-state index in [-0.39, 0.29) is 23.1 Å². The molecule has 1 amide bonds. The zero-order valence-corrected chi connectivity index (χ0v) is 18.0. The maximum Gasteiger partial charge on any atom is 0.267 e. The Morgan fingerprint density at radius 2 is 1.79 bits per heavy atom. The van der Waals surface area contributed by atoms with Crippen LogP contribution in [-0.4, -0.2) is 54.0 Å². The summed E-state index contributed by atoms with van der Waals surface area (Å²) in [5.41, 5.74) is 3.53. The summed E-state index contributed by atoms with van der Waals surface area (Å²) >= 11 is 0. The summed E-state index contributed by atoms with van der Waals surface area (Å²) in [6.07, 6.45) is 0.984. The number of aromatic nitrogens is 2. The highest BCUT2D eigenvalue weighted by Gasteiger charge is 2.18. The first-order valence-electron chi connectivity index (χ1n) is 10.3. The Bertz CT molecular complexity index is 1150. The highest BCUT2D eigenvalue weighted by atomic mass is 19.1. The molecule has 0 bridgehead atoms. The fourth-order valence-electron chi connectivity index (χ4n) is 3.53. The first kappa shape index (κ1) is 22.4. The number of para-hydroxylation sites is 1. The summed E-state index contributed by atoms with van der Waals surface area (Å²) in [4.78, 5) is 24.2. The van der Waals surface area contributed by atoms with Gasteiger partial charge in [-0.15, -0.1) is 0 Å². The van der Waals surface area contributed by atoms with Gasteiger partial charge in [-0.1, -0.05) is 12.1 Å². The van der Waals surface area contributed by atoms with Crippen LogP contribution in [0.1, 0.15) is 10.4 Å². The van der Waals surface area contributed by atoms with Crippen LogP contribution in [0, 0.1) is 11.6 Å². The summed E-state index contributed by atoms with van der Waals surface area (Å²) in [6, 6.07) is 11.2. The van der Waals surface area contributed by atoms with Crippen LogP contribution >= 0.6 is 0 Å². The molecule has 33 heavy (non-hydrogen) atoms. The van der Waals surface area contributed by atoms with E-state index in [0.717, 1.165) is 32.4 Å². The normalized spacial score (nSPS) is 14.1. The third-order valence-electron chi connectivity index (χ3n) is 5.35. The largest absolute Gasteiger partial charge is 0.367 e. The number of benzene rings is 2. The number of hydrogen-bond donors (Lipinski definition) is 4. The number of piperazine rings is 1. The Balaban J connectivity index is 1.52. The van der Waals surface area contributed by atoms with Crippen LogP contribution in [0.4, 0.5) is 37.6 Å². The summed E-state index contributed by atoms with van der Waals surface area (Å²) in [7, 11) is 2.04. The van der Waals surface area contributed by atoms with E-state index >= 15 is 0 Å². The van der Waals surface area contributed by atoms with Gasteiger partial charge in [0, 0.05) is 31.9 Å². The average molecular weight is 454 g/mol. The van der Waals surface area contributed by atoms with Crippen molar-refractivity contribution in [2.24, 2.45) is 5.84 Å². The van der Waals surface area contributed by atoms with Gasteiger partial charge in [0.05, 0.1) is 23.1 Å². The number of carbonyl (C=O) groups excluding carboxylic acids is 1. The number of carbonyl (C=O) groups is 1. The first-order valence-corrected chi connectivity index (χ1v) is 10.3. The molecule has 0 saturated carbocycles. The van der Waals surface area contributed by atoms with Crippen LogP contribution in [0.3, 0.4) is 0 Å². The number of anilines is 5. The molecule has 1 aromatic heterocycles. The molecule has 11 heteroatoms. The number of nitrogens with one attached hydrogen (secondary N) is 3. The van der Waals surface area contributed by atoms with Gasteiger partial charge in [0.25, 0.3) is 5.91 Å². The monoisotopic (exact) mass is 454 g/mol. The molecule has 172 valence electrons. The lowest BCUT2D eigenvalue weighted by Crippen LogP contribution is -2.44. The molecule has 0 radical (unpaired) electrons. The Morgan fingerprint density at radius 3 is 2.52 bits per heavy atom. The lowest BCUT2D eigenvalue weighted by atomic mass is 10.1. The van der Waals surface area contributed by atoms with Crippen molar-refractivity contribution < 1.29 is 13.6 Å². The van der Waals surface area contributed by atoms with E-state index in [1.807, 2.05) is 17.4 Å². The Labute approximate surface area is 189 Å². The molecule has 1 fully saturated rings. The Morgan fingerprint density at radius 1 is 1.03 bits per heavy atom. The molecule has 9 nitrogen and oxygen atoms in total. The first-order chi connectivity index (χ1) is 15.9. The van der Waals surface area contributed by atoms with Crippen LogP contribution in [0.5, 0.6) is 0 Å². The zero-order valence-electron chi connectivity index (χ0n) is 18.0. The Kier molecular flexibility index (Phi) is 6.61. The fourth-order valence-corrected chi connectivity index (χ4v) is 3.53.